The summed E-state index contributed by atoms with van der Waals surface area (Å²) in [5, 5.41) is 17.0. The molecule has 0 bridgehead atoms. The van der Waals surface area contributed by atoms with Gasteiger partial charge in [0.25, 0.3) is 5.91 Å². The van der Waals surface area contributed by atoms with Crippen LogP contribution in [0.5, 0.6) is 0 Å². The molecule has 0 aliphatic carbocycles. The topological polar surface area (TPSA) is 72.7 Å². The van der Waals surface area contributed by atoms with E-state index in [-0.39, 0.29) is 5.91 Å². The van der Waals surface area contributed by atoms with E-state index in [0.29, 0.717) is 11.5 Å². The van der Waals surface area contributed by atoms with Crippen molar-refractivity contribution in [1.29, 1.82) is 0 Å². The fraction of sp³-hybridized carbons (Fsp3) is 0.0909. The van der Waals surface area contributed by atoms with Gasteiger partial charge in [-0.3, -0.25) is 4.79 Å². The number of aromatic nitrogens is 4. The summed E-state index contributed by atoms with van der Waals surface area (Å²) in [4.78, 5) is 14.2. The number of anilines is 1. The molecule has 6 nitrogen and oxygen atoms in total. The van der Waals surface area contributed by atoms with Crippen LogP contribution in [-0.4, -0.2) is 26.1 Å². The van der Waals surface area contributed by atoms with Crippen LogP contribution in [0.1, 0.15) is 16.0 Å². The van der Waals surface area contributed by atoms with Gasteiger partial charge in [-0.2, -0.15) is 4.68 Å². The van der Waals surface area contributed by atoms with E-state index in [2.05, 4.69) is 20.8 Å². The van der Waals surface area contributed by atoms with Crippen molar-refractivity contribution >= 4 is 34.7 Å². The second kappa shape index (κ2) is 8.20. The molecule has 1 N–H and O–H groups in total. The average molecular weight is 401 g/mol. The Labute approximate surface area is 172 Å². The lowest BCUT2D eigenvalue weighted by atomic mass is 10.1. The first-order valence-corrected chi connectivity index (χ1v) is 9.98. The van der Waals surface area contributed by atoms with Gasteiger partial charge < -0.3 is 5.32 Å². The highest BCUT2D eigenvalue weighted by Gasteiger charge is 2.20. The lowest BCUT2D eigenvalue weighted by Crippen LogP contribution is -2.19. The van der Waals surface area contributed by atoms with Gasteiger partial charge in [-0.05, 0) is 53.4 Å². The summed E-state index contributed by atoms with van der Waals surface area (Å²) in [6.45, 7) is 3.99. The van der Waals surface area contributed by atoms with Gasteiger partial charge >= 0.3 is 0 Å². The van der Waals surface area contributed by atoms with Crippen molar-refractivity contribution in [3.63, 3.8) is 0 Å². The number of benzene rings is 2. The fourth-order valence-corrected chi connectivity index (χ4v) is 3.64. The summed E-state index contributed by atoms with van der Waals surface area (Å²) in [6, 6.07) is 19.4. The molecule has 2 aromatic carbocycles. The van der Waals surface area contributed by atoms with Gasteiger partial charge in [-0.25, -0.2) is 0 Å². The second-order valence-electron chi connectivity index (χ2n) is 6.60. The van der Waals surface area contributed by atoms with Crippen LogP contribution in [0.2, 0.25) is 0 Å². The molecule has 0 aliphatic heterocycles. The molecule has 2 heterocycles. The Balaban J connectivity index is 1.76. The minimum Gasteiger partial charge on any atom is -0.320 e. The molecule has 0 atom stereocenters. The van der Waals surface area contributed by atoms with E-state index in [4.69, 9.17) is 0 Å². The van der Waals surface area contributed by atoms with Gasteiger partial charge in [0.15, 0.2) is 5.82 Å². The van der Waals surface area contributed by atoms with Gasteiger partial charge in [0.05, 0.1) is 0 Å². The van der Waals surface area contributed by atoms with Crippen molar-refractivity contribution in [3.8, 4) is 11.4 Å². The molecule has 0 radical (unpaired) electrons. The molecular formula is C22H19N5OS. The lowest BCUT2D eigenvalue weighted by molar-refractivity contribution is -0.111. The molecule has 0 aliphatic rings. The number of rotatable bonds is 5. The molecule has 7 heteroatoms. The third kappa shape index (κ3) is 4.14. The van der Waals surface area contributed by atoms with Crippen LogP contribution < -0.4 is 5.32 Å². The second-order valence-corrected chi connectivity index (χ2v) is 7.58. The highest BCUT2D eigenvalue weighted by atomic mass is 32.1. The number of hydrogen-bond acceptors (Lipinski definition) is 5. The maximum Gasteiger partial charge on any atom is 0.274 e. The van der Waals surface area contributed by atoms with Crippen LogP contribution >= 0.6 is 11.3 Å². The number of nitrogens with one attached hydrogen (secondary N) is 1. The van der Waals surface area contributed by atoms with Gasteiger partial charge in [0.1, 0.15) is 5.70 Å². The van der Waals surface area contributed by atoms with Crippen LogP contribution in [0.3, 0.4) is 0 Å². The molecular weight excluding hydrogens is 382 g/mol. The summed E-state index contributed by atoms with van der Waals surface area (Å²) < 4.78 is 1.48. The van der Waals surface area contributed by atoms with E-state index in [1.54, 1.807) is 17.4 Å². The number of hydrogen-bond donors (Lipinski definition) is 1. The Morgan fingerprint density at radius 3 is 2.62 bits per heavy atom. The van der Waals surface area contributed by atoms with Crippen molar-refractivity contribution in [1.82, 2.24) is 20.2 Å². The van der Waals surface area contributed by atoms with Crippen LogP contribution in [0, 0.1) is 13.8 Å². The summed E-state index contributed by atoms with van der Waals surface area (Å²) in [7, 11) is 0. The first-order valence-electron chi connectivity index (χ1n) is 9.10. The molecule has 0 unspecified atom stereocenters. The lowest BCUT2D eigenvalue weighted by Gasteiger charge is -2.12. The molecule has 29 heavy (non-hydrogen) atoms. The molecule has 0 saturated heterocycles. The highest BCUT2D eigenvalue weighted by Crippen LogP contribution is 2.24. The Bertz CT molecular complexity index is 1160. The van der Waals surface area contributed by atoms with Gasteiger partial charge in [-0.15, -0.1) is 16.4 Å². The Morgan fingerprint density at radius 1 is 1.07 bits per heavy atom. The molecule has 4 aromatic rings. The fourth-order valence-electron chi connectivity index (χ4n) is 2.99. The molecule has 4 rings (SSSR count). The maximum absolute atomic E-state index is 13.3. The number of aryl methyl sites for hydroxylation is 2. The summed E-state index contributed by atoms with van der Waals surface area (Å²) in [6.07, 6.45) is 1.80. The van der Waals surface area contributed by atoms with E-state index in [0.717, 1.165) is 27.3 Å². The van der Waals surface area contributed by atoms with Crippen molar-refractivity contribution < 1.29 is 4.79 Å². The number of amides is 1. The third-order valence-corrected chi connectivity index (χ3v) is 5.23. The monoisotopic (exact) mass is 401 g/mol. The standard InChI is InChI=1S/C22H19N5OS/c1-15-10-11-19(16(2)13-15)23-22(28)20(14-18-9-6-12-29-18)27-21(24-25-26-27)17-7-4-3-5-8-17/h3-14H,1-2H3,(H,23,28)/b20-14-. The zero-order valence-corrected chi connectivity index (χ0v) is 16.9. The molecule has 1 amide bonds. The van der Waals surface area contributed by atoms with Gasteiger partial charge in [0.2, 0.25) is 0 Å². The predicted molar refractivity (Wildman–Crippen MR) is 116 cm³/mol. The number of tetrazole rings is 1. The smallest absolute Gasteiger partial charge is 0.274 e. The Kier molecular flexibility index (Phi) is 5.31. The third-order valence-electron chi connectivity index (χ3n) is 4.41. The Morgan fingerprint density at radius 2 is 1.90 bits per heavy atom. The number of thiophene rings is 1. The zero-order chi connectivity index (χ0) is 20.2. The van der Waals surface area contributed by atoms with Crippen LogP contribution in [0.15, 0.2) is 66.0 Å². The summed E-state index contributed by atoms with van der Waals surface area (Å²) in [5.41, 5.74) is 4.06. The van der Waals surface area contributed by atoms with Crippen molar-refractivity contribution in [2.75, 3.05) is 5.32 Å². The van der Waals surface area contributed by atoms with E-state index in [1.165, 1.54) is 4.68 Å². The average Bonchev–Trinajstić information content (AvgIpc) is 3.40. The van der Waals surface area contributed by atoms with E-state index >= 15 is 0 Å². The van der Waals surface area contributed by atoms with Crippen molar-refractivity contribution in [2.24, 2.45) is 0 Å². The molecule has 0 spiro atoms. The predicted octanol–water partition coefficient (Wildman–Crippen LogP) is 4.66. The maximum atomic E-state index is 13.3. The quantitative estimate of drug-likeness (QED) is 0.494. The van der Waals surface area contributed by atoms with E-state index in [9.17, 15) is 4.79 Å². The van der Waals surface area contributed by atoms with E-state index < -0.39 is 0 Å². The first kappa shape index (κ1) is 18.8. The zero-order valence-electron chi connectivity index (χ0n) is 16.0. The van der Waals surface area contributed by atoms with Gasteiger partial charge in [-0.1, -0.05) is 54.1 Å². The number of nitrogens with zero attached hydrogens (tertiary/aromatic N) is 4. The molecule has 0 fully saturated rings. The van der Waals surface area contributed by atoms with Crippen LogP contribution in [-0.2, 0) is 4.79 Å². The normalized spacial score (nSPS) is 11.4. The van der Waals surface area contributed by atoms with Crippen LogP contribution in [0.25, 0.3) is 23.2 Å². The first-order chi connectivity index (χ1) is 14.1. The van der Waals surface area contributed by atoms with Gasteiger partial charge in [0, 0.05) is 16.1 Å². The van der Waals surface area contributed by atoms with E-state index in [1.807, 2.05) is 79.9 Å². The summed E-state index contributed by atoms with van der Waals surface area (Å²) >= 11 is 1.54. The molecule has 144 valence electrons. The Hall–Kier alpha value is -3.58. The largest absolute Gasteiger partial charge is 0.320 e. The van der Waals surface area contributed by atoms with Crippen LogP contribution in [0.4, 0.5) is 5.69 Å². The minimum atomic E-state index is -0.283. The number of carbonyl (C=O) groups excluding carboxylic acids is 1. The number of carbonyl (C=O) groups is 1. The minimum absolute atomic E-state index is 0.283. The molecule has 2 aromatic heterocycles. The highest BCUT2D eigenvalue weighted by molar-refractivity contribution is 7.10. The SMILES string of the molecule is Cc1ccc(NC(=O)/C(=C/c2cccs2)n2nnnc2-c2ccccc2)c(C)c1. The molecule has 0 saturated carbocycles. The van der Waals surface area contributed by atoms with Crippen molar-refractivity contribution in [2.45, 2.75) is 13.8 Å². The summed E-state index contributed by atoms with van der Waals surface area (Å²) in [5.74, 6) is 0.221. The van der Waals surface area contributed by atoms with Crippen molar-refractivity contribution in [3.05, 3.63) is 82.0 Å².